The van der Waals surface area contributed by atoms with E-state index in [0.29, 0.717) is 37.0 Å². The van der Waals surface area contributed by atoms with Gasteiger partial charge in [-0.3, -0.25) is 4.90 Å². The Bertz CT molecular complexity index is 1480. The predicted molar refractivity (Wildman–Crippen MR) is 183 cm³/mol. The molecule has 3 atom stereocenters. The third kappa shape index (κ3) is 6.80. The molecule has 2 aromatic rings. The fourth-order valence-corrected chi connectivity index (χ4v) is 9.56. The Labute approximate surface area is 284 Å². The first-order valence-electron chi connectivity index (χ1n) is 18.1. The highest BCUT2D eigenvalue weighted by molar-refractivity contribution is 5.67. The number of nitrogens with one attached hydrogen (secondary N) is 1. The Morgan fingerprint density at radius 2 is 1.79 bits per heavy atom. The van der Waals surface area contributed by atoms with Crippen molar-refractivity contribution in [2.24, 2.45) is 17.8 Å². The zero-order chi connectivity index (χ0) is 33.3. The summed E-state index contributed by atoms with van der Waals surface area (Å²) in [5, 5.41) is 22.5. The number of carbonyl (C=O) groups is 1. The molecule has 0 radical (unpaired) electrons. The Hall–Kier alpha value is -3.23. The van der Waals surface area contributed by atoms with Crippen LogP contribution < -0.4 is 10.2 Å². The van der Waals surface area contributed by atoms with Crippen molar-refractivity contribution >= 4 is 11.8 Å². The maximum absolute atomic E-state index is 15.0. The third-order valence-corrected chi connectivity index (χ3v) is 12.2. The predicted octanol–water partition coefficient (Wildman–Crippen LogP) is 4.19. The largest absolute Gasteiger partial charge is 0.453 e. The second-order valence-electron chi connectivity index (χ2n) is 15.1. The summed E-state index contributed by atoms with van der Waals surface area (Å²) in [6.45, 7) is 10.3. The molecule has 0 unspecified atom stereocenters. The fourth-order valence-electron chi connectivity index (χ4n) is 9.56. The molecule has 9 nitrogen and oxygen atoms in total. The SMILES string of the molecule is COC(=O)N[C@H]1CCC[C@@H]1[C@](CN1CCC1)(c1cccc(F)c1)C1CCN(CC2CN(c3ccc(C#N)c(CN4CC(O)C4)c3)C2)CC1. The molecule has 4 heterocycles. The van der Waals surface area contributed by atoms with E-state index in [4.69, 9.17) is 4.74 Å². The Morgan fingerprint density at radius 1 is 1.00 bits per heavy atom. The molecular weight excluding hydrogens is 607 g/mol. The van der Waals surface area contributed by atoms with Crippen LogP contribution in [0.3, 0.4) is 0 Å². The first-order chi connectivity index (χ1) is 23.3. The van der Waals surface area contributed by atoms with Crippen molar-refractivity contribution in [3.05, 3.63) is 65.0 Å². The molecule has 0 spiro atoms. The van der Waals surface area contributed by atoms with Crippen LogP contribution in [-0.4, -0.2) is 111 Å². The van der Waals surface area contributed by atoms with Crippen molar-refractivity contribution in [2.45, 2.75) is 62.6 Å². The first-order valence-corrected chi connectivity index (χ1v) is 18.1. The standard InChI is InChI=1S/C38H51FN6O3/c1-48-37(47)41-36-8-3-7-35(36)38(26-43-13-4-14-43,31-5-2-6-32(39)18-31)30-11-15-42(16-12-30)20-27-21-45(22-27)33-10-9-28(19-40)29(17-33)23-44-24-34(46)25-44/h2,5-6,9-10,17-18,27,30,34-36,46H,3-4,7-8,11-16,20-26H2,1H3,(H,41,47)/t35-,36-,38-/m0/s1. The van der Waals surface area contributed by atoms with Crippen molar-refractivity contribution in [3.8, 4) is 6.07 Å². The van der Waals surface area contributed by atoms with Crippen molar-refractivity contribution in [1.29, 1.82) is 5.26 Å². The van der Waals surface area contributed by atoms with Gasteiger partial charge in [0.25, 0.3) is 0 Å². The van der Waals surface area contributed by atoms with Gasteiger partial charge in [-0.1, -0.05) is 18.6 Å². The molecule has 7 rings (SSSR count). The molecule has 5 fully saturated rings. The number of rotatable bonds is 11. The van der Waals surface area contributed by atoms with Crippen molar-refractivity contribution in [3.63, 3.8) is 0 Å². The van der Waals surface area contributed by atoms with E-state index in [1.807, 2.05) is 12.1 Å². The second-order valence-corrected chi connectivity index (χ2v) is 15.1. The molecule has 4 aliphatic heterocycles. The van der Waals surface area contributed by atoms with Crippen molar-refractivity contribution < 1.29 is 19.0 Å². The summed E-state index contributed by atoms with van der Waals surface area (Å²) in [6.07, 6.45) is 5.71. The second kappa shape index (κ2) is 14.3. The number of likely N-dealkylation sites (tertiary alicyclic amines) is 3. The molecule has 1 amide bonds. The van der Waals surface area contributed by atoms with E-state index in [9.17, 15) is 19.6 Å². The smallest absolute Gasteiger partial charge is 0.407 e. The third-order valence-electron chi connectivity index (χ3n) is 12.2. The van der Waals surface area contributed by atoms with E-state index in [-0.39, 0.29) is 35.4 Å². The van der Waals surface area contributed by atoms with E-state index in [2.05, 4.69) is 49.2 Å². The van der Waals surface area contributed by atoms with Gasteiger partial charge in [0.15, 0.2) is 0 Å². The summed E-state index contributed by atoms with van der Waals surface area (Å²) in [5.41, 5.74) is 3.79. The van der Waals surface area contributed by atoms with Crippen molar-refractivity contribution in [2.75, 3.05) is 77.5 Å². The number of halogens is 1. The lowest BCUT2D eigenvalue weighted by molar-refractivity contribution is -0.00290. The molecule has 4 saturated heterocycles. The Morgan fingerprint density at radius 3 is 2.46 bits per heavy atom. The van der Waals surface area contributed by atoms with Crippen LogP contribution in [0.15, 0.2) is 42.5 Å². The number of nitrogens with zero attached hydrogens (tertiary/aromatic N) is 5. The lowest BCUT2D eigenvalue weighted by Gasteiger charge is -2.54. The quantitative estimate of drug-likeness (QED) is 0.372. The maximum Gasteiger partial charge on any atom is 0.407 e. The van der Waals surface area contributed by atoms with Crippen LogP contribution >= 0.6 is 0 Å². The van der Waals surface area contributed by atoms with E-state index in [1.54, 1.807) is 12.1 Å². The van der Waals surface area contributed by atoms with Gasteiger partial charge in [0.2, 0.25) is 0 Å². The highest BCUT2D eigenvalue weighted by Crippen LogP contribution is 2.51. The summed E-state index contributed by atoms with van der Waals surface area (Å²) in [6, 6.07) is 15.9. The van der Waals surface area contributed by atoms with Gasteiger partial charge >= 0.3 is 6.09 Å². The minimum Gasteiger partial charge on any atom is -0.453 e. The molecule has 1 saturated carbocycles. The van der Waals surface area contributed by atoms with E-state index in [1.165, 1.54) is 19.2 Å². The molecule has 0 aromatic heterocycles. The molecule has 5 aliphatic rings. The summed E-state index contributed by atoms with van der Waals surface area (Å²) < 4.78 is 20.0. The minimum atomic E-state index is -0.374. The molecule has 1 aliphatic carbocycles. The molecule has 10 heteroatoms. The number of β-amino-alcohol motifs (C(OH)–C–C–N with tert-alkyl or cyclic N) is 1. The number of piperidine rings is 1. The van der Waals surface area contributed by atoms with Gasteiger partial charge in [0, 0.05) is 68.9 Å². The van der Waals surface area contributed by atoms with Crippen LogP contribution in [0, 0.1) is 34.9 Å². The van der Waals surface area contributed by atoms with Crippen LogP contribution in [0.2, 0.25) is 0 Å². The summed E-state index contributed by atoms with van der Waals surface area (Å²) >= 11 is 0. The van der Waals surface area contributed by atoms with E-state index >= 15 is 0 Å². The highest BCUT2D eigenvalue weighted by Gasteiger charge is 2.53. The summed E-state index contributed by atoms with van der Waals surface area (Å²) in [5.74, 6) is 1.03. The van der Waals surface area contributed by atoms with Gasteiger partial charge in [-0.25, -0.2) is 9.18 Å². The number of aliphatic hydroxyl groups excluding tert-OH is 1. The minimum absolute atomic E-state index is 0.0150. The Kier molecular flexibility index (Phi) is 9.93. The summed E-state index contributed by atoms with van der Waals surface area (Å²) in [7, 11) is 1.43. The molecule has 258 valence electrons. The summed E-state index contributed by atoms with van der Waals surface area (Å²) in [4.78, 5) is 22.3. The number of hydrogen-bond donors (Lipinski definition) is 2. The fraction of sp³-hybridized carbons (Fsp3) is 0.632. The van der Waals surface area contributed by atoms with Crippen LogP contribution in [0.4, 0.5) is 14.9 Å². The number of benzene rings is 2. The van der Waals surface area contributed by atoms with Gasteiger partial charge in [0.1, 0.15) is 5.82 Å². The van der Waals surface area contributed by atoms with Crippen LogP contribution in [-0.2, 0) is 16.7 Å². The number of carbonyl (C=O) groups excluding carboxylic acids is 1. The lowest BCUT2D eigenvalue weighted by atomic mass is 9.57. The molecular formula is C38H51FN6O3. The average molecular weight is 659 g/mol. The monoisotopic (exact) mass is 658 g/mol. The van der Waals surface area contributed by atoms with E-state index in [0.717, 1.165) is 95.6 Å². The number of nitriles is 1. The number of ether oxygens (including phenoxy) is 1. The highest BCUT2D eigenvalue weighted by atomic mass is 19.1. The van der Waals surface area contributed by atoms with Gasteiger partial charge in [-0.15, -0.1) is 0 Å². The number of aliphatic hydroxyl groups is 1. The van der Waals surface area contributed by atoms with Crippen LogP contribution in [0.25, 0.3) is 0 Å². The van der Waals surface area contributed by atoms with Gasteiger partial charge in [-0.05, 0) is 112 Å². The Balaban J connectivity index is 1.02. The number of amides is 1. The number of anilines is 1. The number of alkyl carbamates (subject to hydrolysis) is 1. The van der Waals surface area contributed by atoms with Crippen LogP contribution in [0.1, 0.15) is 55.2 Å². The first kappa shape index (κ1) is 33.3. The number of hydrogen-bond acceptors (Lipinski definition) is 8. The average Bonchev–Trinajstić information content (AvgIpc) is 3.50. The molecule has 48 heavy (non-hydrogen) atoms. The zero-order valence-corrected chi connectivity index (χ0v) is 28.3. The van der Waals surface area contributed by atoms with Gasteiger partial charge in [0.05, 0.1) is 24.8 Å². The number of methoxy groups -OCH3 is 1. The van der Waals surface area contributed by atoms with Gasteiger partial charge in [-0.2, -0.15) is 5.26 Å². The van der Waals surface area contributed by atoms with Crippen molar-refractivity contribution in [1.82, 2.24) is 20.0 Å². The van der Waals surface area contributed by atoms with E-state index < -0.39 is 0 Å². The lowest BCUT2D eigenvalue weighted by Crippen LogP contribution is -2.60. The maximum atomic E-state index is 15.0. The normalized spacial score (nSPS) is 25.8. The topological polar surface area (TPSA) is 95.3 Å². The molecule has 0 bridgehead atoms. The zero-order valence-electron chi connectivity index (χ0n) is 28.3. The van der Waals surface area contributed by atoms with Gasteiger partial charge < -0.3 is 29.9 Å². The molecule has 2 N–H and O–H groups in total. The van der Waals surface area contributed by atoms with Crippen LogP contribution in [0.5, 0.6) is 0 Å². The molecule has 2 aromatic carbocycles.